The minimum atomic E-state index is -0.415. The molecule has 0 aliphatic carbocycles. The van der Waals surface area contributed by atoms with E-state index < -0.39 is 5.91 Å². The second-order valence-corrected chi connectivity index (χ2v) is 12.0. The zero-order chi connectivity index (χ0) is 29.0. The van der Waals surface area contributed by atoms with Crippen LogP contribution in [0.15, 0.2) is 53.4 Å². The van der Waals surface area contributed by atoms with Crippen LogP contribution in [0, 0.1) is 10.5 Å². The van der Waals surface area contributed by atoms with Crippen molar-refractivity contribution in [2.45, 2.75) is 20.4 Å². The van der Waals surface area contributed by atoms with Crippen molar-refractivity contribution in [3.63, 3.8) is 0 Å². The van der Waals surface area contributed by atoms with Gasteiger partial charge < -0.3 is 14.8 Å². The molecule has 0 spiro atoms. The Balaban J connectivity index is 1.48. The first kappa shape index (κ1) is 30.5. The normalized spacial score (nSPS) is 14.2. The first-order valence-electron chi connectivity index (χ1n) is 11.9. The van der Waals surface area contributed by atoms with E-state index in [9.17, 15) is 14.4 Å². The molecule has 7 nitrogen and oxygen atoms in total. The predicted molar refractivity (Wildman–Crippen MR) is 169 cm³/mol. The van der Waals surface area contributed by atoms with Gasteiger partial charge in [0.05, 0.1) is 31.7 Å². The predicted octanol–water partition coefficient (Wildman–Crippen LogP) is 8.21. The first-order chi connectivity index (χ1) is 19.0. The van der Waals surface area contributed by atoms with Gasteiger partial charge in [0.15, 0.2) is 18.1 Å². The maximum absolute atomic E-state index is 13.1. The minimum absolute atomic E-state index is 0.0737. The molecule has 3 amide bonds. The Hall–Kier alpha value is -2.44. The number of benzene rings is 3. The van der Waals surface area contributed by atoms with Crippen molar-refractivity contribution < 1.29 is 23.9 Å². The Bertz CT molecular complexity index is 1530. The lowest BCUT2D eigenvalue weighted by Gasteiger charge is -2.15. The summed E-state index contributed by atoms with van der Waals surface area (Å²) in [4.78, 5) is 39.6. The summed E-state index contributed by atoms with van der Waals surface area (Å²) in [6.45, 7) is 3.87. The van der Waals surface area contributed by atoms with Gasteiger partial charge in [0.1, 0.15) is 0 Å². The lowest BCUT2D eigenvalue weighted by Crippen LogP contribution is -2.27. The van der Waals surface area contributed by atoms with Crippen LogP contribution in [0.4, 0.5) is 10.5 Å². The molecule has 1 heterocycles. The highest BCUT2D eigenvalue weighted by Crippen LogP contribution is 2.38. The molecule has 3 aromatic rings. The van der Waals surface area contributed by atoms with E-state index in [0.717, 1.165) is 22.2 Å². The highest BCUT2D eigenvalue weighted by molar-refractivity contribution is 14.1. The number of rotatable bonds is 9. The fourth-order valence-electron chi connectivity index (χ4n) is 3.69. The van der Waals surface area contributed by atoms with Crippen LogP contribution in [-0.4, -0.2) is 35.2 Å². The Morgan fingerprint density at radius 3 is 2.50 bits per heavy atom. The van der Waals surface area contributed by atoms with Crippen molar-refractivity contribution in [2.75, 3.05) is 18.5 Å². The van der Waals surface area contributed by atoms with Crippen LogP contribution in [-0.2, 0) is 16.1 Å². The molecule has 1 N–H and O–H groups in total. The van der Waals surface area contributed by atoms with Crippen molar-refractivity contribution in [2.24, 2.45) is 0 Å². The molecular formula is C28H22Cl3IN2O5S. The van der Waals surface area contributed by atoms with E-state index in [1.165, 1.54) is 0 Å². The van der Waals surface area contributed by atoms with Gasteiger partial charge >= 0.3 is 0 Å². The molecule has 1 aliphatic heterocycles. The Morgan fingerprint density at radius 1 is 1.02 bits per heavy atom. The number of aryl methyl sites for hydroxylation is 1. The number of imide groups is 1. The van der Waals surface area contributed by atoms with Gasteiger partial charge in [-0.1, -0.05) is 46.9 Å². The maximum atomic E-state index is 13.1. The van der Waals surface area contributed by atoms with Gasteiger partial charge in [0, 0.05) is 10.7 Å². The largest absolute Gasteiger partial charge is 0.490 e. The average molecular weight is 732 g/mol. The van der Waals surface area contributed by atoms with Gasteiger partial charge in [-0.15, -0.1) is 0 Å². The molecule has 0 saturated carbocycles. The number of hydrogen-bond acceptors (Lipinski definition) is 6. The highest BCUT2D eigenvalue weighted by Gasteiger charge is 2.35. The van der Waals surface area contributed by atoms with Crippen LogP contribution in [0.2, 0.25) is 15.1 Å². The minimum Gasteiger partial charge on any atom is -0.490 e. The summed E-state index contributed by atoms with van der Waals surface area (Å²) in [5.74, 6) is 0.0198. The third-order valence-corrected chi connectivity index (χ3v) is 8.49. The zero-order valence-corrected chi connectivity index (χ0v) is 26.5. The van der Waals surface area contributed by atoms with Crippen LogP contribution in [0.1, 0.15) is 23.6 Å². The van der Waals surface area contributed by atoms with Crippen LogP contribution in [0.3, 0.4) is 0 Å². The van der Waals surface area contributed by atoms with E-state index in [0.29, 0.717) is 53.6 Å². The smallest absolute Gasteiger partial charge is 0.293 e. The number of halogens is 4. The molecular weight excluding hydrogens is 710 g/mol. The Kier molecular flexibility index (Phi) is 10.3. The van der Waals surface area contributed by atoms with Gasteiger partial charge in [-0.05, 0) is 107 Å². The topological polar surface area (TPSA) is 84.9 Å². The van der Waals surface area contributed by atoms with E-state index in [1.54, 1.807) is 48.5 Å². The summed E-state index contributed by atoms with van der Waals surface area (Å²) in [6.07, 6.45) is 1.63. The number of amides is 3. The molecule has 1 aliphatic rings. The lowest BCUT2D eigenvalue weighted by molar-refractivity contribution is -0.123. The molecule has 208 valence electrons. The summed E-state index contributed by atoms with van der Waals surface area (Å²) in [5, 5.41) is 3.66. The summed E-state index contributed by atoms with van der Waals surface area (Å²) < 4.78 is 12.3. The number of nitrogens with one attached hydrogen (secondary N) is 1. The average Bonchev–Trinajstić information content (AvgIpc) is 3.15. The molecule has 0 atom stereocenters. The molecule has 1 saturated heterocycles. The van der Waals surface area contributed by atoms with Crippen molar-refractivity contribution in [3.05, 3.63) is 88.8 Å². The van der Waals surface area contributed by atoms with Gasteiger partial charge in [0.2, 0.25) is 0 Å². The molecule has 40 heavy (non-hydrogen) atoms. The van der Waals surface area contributed by atoms with Crippen molar-refractivity contribution in [1.29, 1.82) is 0 Å². The van der Waals surface area contributed by atoms with E-state index >= 15 is 0 Å². The van der Waals surface area contributed by atoms with Gasteiger partial charge in [-0.25, -0.2) is 0 Å². The molecule has 1 fully saturated rings. The van der Waals surface area contributed by atoms with Gasteiger partial charge in [0.25, 0.3) is 17.1 Å². The number of thioether (sulfide) groups is 1. The lowest BCUT2D eigenvalue weighted by atomic mass is 10.1. The summed E-state index contributed by atoms with van der Waals surface area (Å²) in [7, 11) is 0. The molecule has 0 unspecified atom stereocenters. The standard InChI is InChI=1S/C28H22Cl3IN2O5S/c1-3-38-23-10-17(9-22(32)26(23)39-14-25(35)33-18-6-4-15(2)20(30)12-18)11-24-27(36)34(28(37)40-24)13-16-5-7-19(29)21(31)8-16/h4-12H,3,13-14H2,1-2H3,(H,33,35)/b24-11-. The molecule has 0 aromatic heterocycles. The zero-order valence-electron chi connectivity index (χ0n) is 21.2. The summed E-state index contributed by atoms with van der Waals surface area (Å²) >= 11 is 21.1. The molecule has 12 heteroatoms. The number of carbonyl (C=O) groups excluding carboxylic acids is 3. The molecule has 0 bridgehead atoms. The van der Waals surface area contributed by atoms with E-state index in [2.05, 4.69) is 27.9 Å². The Labute approximate surface area is 264 Å². The third kappa shape index (κ3) is 7.44. The van der Waals surface area contributed by atoms with Gasteiger partial charge in [-0.2, -0.15) is 0 Å². The van der Waals surface area contributed by atoms with Crippen LogP contribution < -0.4 is 14.8 Å². The second-order valence-electron chi connectivity index (χ2n) is 8.58. The molecule has 3 aromatic carbocycles. The second kappa shape index (κ2) is 13.5. The highest BCUT2D eigenvalue weighted by atomic mass is 127. The Morgan fingerprint density at radius 2 is 1.80 bits per heavy atom. The molecule has 4 rings (SSSR count). The number of carbonyl (C=O) groups is 3. The van der Waals surface area contributed by atoms with Crippen LogP contribution >= 0.6 is 69.2 Å². The monoisotopic (exact) mass is 730 g/mol. The third-order valence-electron chi connectivity index (χ3n) is 5.63. The SMILES string of the molecule is CCOc1cc(/C=C2\SC(=O)N(Cc3ccc(Cl)c(Cl)c3)C2=O)cc(I)c1OCC(=O)Nc1ccc(C)c(Cl)c1. The molecule has 0 radical (unpaired) electrons. The number of hydrogen-bond donors (Lipinski definition) is 1. The van der Waals surface area contributed by atoms with Crippen LogP contribution in [0.5, 0.6) is 11.5 Å². The van der Waals surface area contributed by atoms with E-state index in [4.69, 9.17) is 44.3 Å². The van der Waals surface area contributed by atoms with Crippen molar-refractivity contribution in [3.8, 4) is 11.5 Å². The van der Waals surface area contributed by atoms with Crippen molar-refractivity contribution >= 4 is 98.0 Å². The number of ether oxygens (including phenoxy) is 2. The fraction of sp³-hybridized carbons (Fsp3) is 0.179. The quantitative estimate of drug-likeness (QED) is 0.177. The summed E-state index contributed by atoms with van der Waals surface area (Å²) in [5.41, 5.74) is 2.79. The fourth-order valence-corrected chi connectivity index (χ4v) is 5.81. The van der Waals surface area contributed by atoms with Crippen LogP contribution in [0.25, 0.3) is 6.08 Å². The number of anilines is 1. The van der Waals surface area contributed by atoms with Gasteiger partial charge in [-0.3, -0.25) is 19.3 Å². The number of nitrogens with zero attached hydrogens (tertiary/aromatic N) is 1. The first-order valence-corrected chi connectivity index (χ1v) is 14.9. The maximum Gasteiger partial charge on any atom is 0.293 e. The van der Waals surface area contributed by atoms with Crippen molar-refractivity contribution in [1.82, 2.24) is 4.90 Å². The summed E-state index contributed by atoms with van der Waals surface area (Å²) in [6, 6.07) is 13.7. The van der Waals surface area contributed by atoms with E-state index in [1.807, 2.05) is 19.9 Å². The van der Waals surface area contributed by atoms with E-state index in [-0.39, 0.29) is 29.2 Å².